The largest absolute Gasteiger partial charge is 0.465 e. The number of nitrogens with two attached hydrogens (primary N) is 1. The van der Waals surface area contributed by atoms with Crippen molar-refractivity contribution in [3.05, 3.63) is 0 Å². The molecule has 4 nitrogen and oxygen atoms in total. The molecule has 2 atom stereocenters. The van der Waals surface area contributed by atoms with Crippen molar-refractivity contribution >= 4 is 5.97 Å². The van der Waals surface area contributed by atoms with Gasteiger partial charge >= 0.3 is 5.97 Å². The highest BCUT2D eigenvalue weighted by Crippen LogP contribution is 2.12. The molecule has 0 amide bonds. The minimum Gasteiger partial charge on any atom is -0.465 e. The highest BCUT2D eigenvalue weighted by Gasteiger charge is 2.26. The van der Waals surface area contributed by atoms with E-state index in [1.165, 1.54) is 0 Å². The molecule has 0 aromatic rings. The summed E-state index contributed by atoms with van der Waals surface area (Å²) in [6.07, 6.45) is 2.14. The van der Waals surface area contributed by atoms with Gasteiger partial charge in [0, 0.05) is 12.6 Å². The van der Waals surface area contributed by atoms with Crippen LogP contribution in [0.25, 0.3) is 0 Å². The van der Waals surface area contributed by atoms with Crippen molar-refractivity contribution in [2.75, 3.05) is 19.7 Å². The number of hydrogen-bond acceptors (Lipinski definition) is 4. The molecule has 2 N–H and O–H groups in total. The van der Waals surface area contributed by atoms with E-state index in [2.05, 4.69) is 4.90 Å². The molecule has 0 aromatic carbocycles. The lowest BCUT2D eigenvalue weighted by Gasteiger charge is -2.33. The fraction of sp³-hybridized carbons (Fsp3) is 0.900. The monoisotopic (exact) mass is 200 g/mol. The predicted molar refractivity (Wildman–Crippen MR) is 54.9 cm³/mol. The van der Waals surface area contributed by atoms with Crippen LogP contribution in [0.2, 0.25) is 0 Å². The summed E-state index contributed by atoms with van der Waals surface area (Å²) in [6.45, 7) is 5.92. The molecule has 1 heterocycles. The highest BCUT2D eigenvalue weighted by molar-refractivity contribution is 5.75. The zero-order chi connectivity index (χ0) is 10.6. The lowest BCUT2D eigenvalue weighted by Crippen LogP contribution is -2.49. The molecule has 0 radical (unpaired) electrons. The maximum Gasteiger partial charge on any atom is 0.323 e. The summed E-state index contributed by atoms with van der Waals surface area (Å²) in [4.78, 5) is 13.5. The summed E-state index contributed by atoms with van der Waals surface area (Å²) >= 11 is 0. The molecule has 4 heteroatoms. The number of ether oxygens (including phenoxy) is 1. The fourth-order valence-electron chi connectivity index (χ4n) is 1.80. The zero-order valence-corrected chi connectivity index (χ0v) is 9.03. The second-order valence-corrected chi connectivity index (χ2v) is 3.83. The quantitative estimate of drug-likeness (QED) is 0.668. The Hall–Kier alpha value is -0.610. The van der Waals surface area contributed by atoms with Crippen LogP contribution < -0.4 is 5.73 Å². The normalized spacial score (nSPS) is 25.8. The molecule has 1 aliphatic heterocycles. The van der Waals surface area contributed by atoms with Gasteiger partial charge in [-0.25, -0.2) is 0 Å². The molecule has 14 heavy (non-hydrogen) atoms. The van der Waals surface area contributed by atoms with Crippen molar-refractivity contribution in [1.29, 1.82) is 0 Å². The Morgan fingerprint density at radius 3 is 3.00 bits per heavy atom. The number of nitrogens with zero attached hydrogens (tertiary/aromatic N) is 1. The minimum absolute atomic E-state index is 0.137. The van der Waals surface area contributed by atoms with Gasteiger partial charge in [-0.3, -0.25) is 9.69 Å². The minimum atomic E-state index is -0.152. The van der Waals surface area contributed by atoms with E-state index < -0.39 is 0 Å². The van der Waals surface area contributed by atoms with Crippen LogP contribution in [-0.2, 0) is 9.53 Å². The van der Waals surface area contributed by atoms with Gasteiger partial charge < -0.3 is 10.5 Å². The van der Waals surface area contributed by atoms with E-state index in [0.29, 0.717) is 6.61 Å². The summed E-state index contributed by atoms with van der Waals surface area (Å²) in [7, 11) is 0. The van der Waals surface area contributed by atoms with Gasteiger partial charge in [0.25, 0.3) is 0 Å². The Morgan fingerprint density at radius 1 is 1.71 bits per heavy atom. The van der Waals surface area contributed by atoms with Crippen molar-refractivity contribution in [2.24, 2.45) is 5.73 Å². The Labute approximate surface area is 85.4 Å². The van der Waals surface area contributed by atoms with Crippen molar-refractivity contribution in [3.63, 3.8) is 0 Å². The SMILES string of the molecule is CCOC(=O)C(C)N1CCCC(N)C1. The van der Waals surface area contributed by atoms with Crippen LogP contribution >= 0.6 is 0 Å². The number of likely N-dealkylation sites (tertiary alicyclic amines) is 1. The average molecular weight is 200 g/mol. The van der Waals surface area contributed by atoms with Gasteiger partial charge in [0.05, 0.1) is 6.61 Å². The molecule has 2 unspecified atom stereocenters. The molecular weight excluding hydrogens is 180 g/mol. The summed E-state index contributed by atoms with van der Waals surface area (Å²) in [5.41, 5.74) is 5.84. The molecule has 1 rings (SSSR count). The number of hydrogen-bond donors (Lipinski definition) is 1. The summed E-state index contributed by atoms with van der Waals surface area (Å²) < 4.78 is 4.97. The Balaban J connectivity index is 2.42. The molecule has 0 aliphatic carbocycles. The van der Waals surface area contributed by atoms with Crippen LogP contribution in [0.15, 0.2) is 0 Å². The summed E-state index contributed by atoms with van der Waals surface area (Å²) in [5, 5.41) is 0. The number of carbonyl (C=O) groups is 1. The van der Waals surface area contributed by atoms with Gasteiger partial charge in [-0.15, -0.1) is 0 Å². The first-order chi connectivity index (χ1) is 6.65. The maximum atomic E-state index is 11.4. The first-order valence-electron chi connectivity index (χ1n) is 5.31. The molecule has 1 fully saturated rings. The van der Waals surface area contributed by atoms with E-state index in [4.69, 9.17) is 10.5 Å². The van der Waals surface area contributed by atoms with Gasteiger partial charge in [0.1, 0.15) is 6.04 Å². The Bertz CT molecular complexity index is 197. The smallest absolute Gasteiger partial charge is 0.323 e. The first-order valence-corrected chi connectivity index (χ1v) is 5.31. The fourth-order valence-corrected chi connectivity index (χ4v) is 1.80. The Kier molecular flexibility index (Phi) is 4.35. The third kappa shape index (κ3) is 2.96. The molecular formula is C10H20N2O2. The van der Waals surface area contributed by atoms with Gasteiger partial charge in [-0.05, 0) is 33.2 Å². The van der Waals surface area contributed by atoms with E-state index in [1.807, 2.05) is 13.8 Å². The van der Waals surface area contributed by atoms with Crippen molar-refractivity contribution < 1.29 is 9.53 Å². The topological polar surface area (TPSA) is 55.6 Å². The van der Waals surface area contributed by atoms with Crippen molar-refractivity contribution in [2.45, 2.75) is 38.8 Å². The molecule has 1 aliphatic rings. The van der Waals surface area contributed by atoms with Crippen molar-refractivity contribution in [3.8, 4) is 0 Å². The molecule has 1 saturated heterocycles. The Morgan fingerprint density at radius 2 is 2.43 bits per heavy atom. The van der Waals surface area contributed by atoms with Crippen LogP contribution in [0.1, 0.15) is 26.7 Å². The summed E-state index contributed by atoms with van der Waals surface area (Å²) in [5.74, 6) is -0.137. The summed E-state index contributed by atoms with van der Waals surface area (Å²) in [6, 6.07) is 0.0573. The first kappa shape index (κ1) is 11.5. The third-order valence-corrected chi connectivity index (χ3v) is 2.66. The number of esters is 1. The molecule has 0 bridgehead atoms. The third-order valence-electron chi connectivity index (χ3n) is 2.66. The van der Waals surface area contributed by atoms with E-state index in [-0.39, 0.29) is 18.1 Å². The second-order valence-electron chi connectivity index (χ2n) is 3.83. The van der Waals surface area contributed by atoms with E-state index in [9.17, 15) is 4.79 Å². The van der Waals surface area contributed by atoms with Gasteiger partial charge in [0.2, 0.25) is 0 Å². The predicted octanol–water partition coefficient (Wildman–Crippen LogP) is 0.361. The standard InChI is InChI=1S/C10H20N2O2/c1-3-14-10(13)8(2)12-6-4-5-9(11)7-12/h8-9H,3-7,11H2,1-2H3. The lowest BCUT2D eigenvalue weighted by atomic mass is 10.1. The molecule has 0 aromatic heterocycles. The lowest BCUT2D eigenvalue weighted by molar-refractivity contribution is -0.149. The zero-order valence-electron chi connectivity index (χ0n) is 9.03. The highest BCUT2D eigenvalue weighted by atomic mass is 16.5. The van der Waals surface area contributed by atoms with Crippen LogP contribution in [0.4, 0.5) is 0 Å². The number of carbonyl (C=O) groups excluding carboxylic acids is 1. The molecule has 0 saturated carbocycles. The van der Waals surface area contributed by atoms with Gasteiger partial charge in [-0.2, -0.15) is 0 Å². The van der Waals surface area contributed by atoms with E-state index in [0.717, 1.165) is 25.9 Å². The maximum absolute atomic E-state index is 11.4. The van der Waals surface area contributed by atoms with Gasteiger partial charge in [0.15, 0.2) is 0 Å². The van der Waals surface area contributed by atoms with Crippen LogP contribution in [0.5, 0.6) is 0 Å². The average Bonchev–Trinajstić information content (AvgIpc) is 2.17. The van der Waals surface area contributed by atoms with Crippen molar-refractivity contribution in [1.82, 2.24) is 4.90 Å². The van der Waals surface area contributed by atoms with E-state index >= 15 is 0 Å². The van der Waals surface area contributed by atoms with E-state index in [1.54, 1.807) is 0 Å². The number of piperidine rings is 1. The van der Waals surface area contributed by atoms with Crippen LogP contribution in [-0.4, -0.2) is 42.6 Å². The van der Waals surface area contributed by atoms with Crippen LogP contribution in [0.3, 0.4) is 0 Å². The van der Waals surface area contributed by atoms with Gasteiger partial charge in [-0.1, -0.05) is 0 Å². The van der Waals surface area contributed by atoms with Crippen LogP contribution in [0, 0.1) is 0 Å². The second kappa shape index (κ2) is 5.32. The number of rotatable bonds is 3. The molecule has 0 spiro atoms. The molecule has 82 valence electrons.